The summed E-state index contributed by atoms with van der Waals surface area (Å²) in [6, 6.07) is 26.1. The Hall–Kier alpha value is -4.82. The average molecular weight is 629 g/mol. The molecule has 0 aliphatic heterocycles. The van der Waals surface area contributed by atoms with Gasteiger partial charge in [-0.25, -0.2) is 9.59 Å². The molecule has 0 spiro atoms. The number of carbonyl (C=O) groups is 3. The van der Waals surface area contributed by atoms with Gasteiger partial charge in [0.25, 0.3) is 5.91 Å². The summed E-state index contributed by atoms with van der Waals surface area (Å²) in [6.07, 6.45) is -0.304. The topological polar surface area (TPSA) is 114 Å². The van der Waals surface area contributed by atoms with Crippen LogP contribution in [0, 0.1) is 0 Å². The van der Waals surface area contributed by atoms with Gasteiger partial charge in [-0.2, -0.15) is 0 Å². The number of ether oxygens (including phenoxy) is 2. The Labute approximate surface area is 268 Å². The maximum atomic E-state index is 13.5. The molecule has 0 fully saturated rings. The first kappa shape index (κ1) is 33.1. The van der Waals surface area contributed by atoms with E-state index in [1.807, 2.05) is 61.5 Å². The zero-order valence-electron chi connectivity index (χ0n) is 25.9. The summed E-state index contributed by atoms with van der Waals surface area (Å²) in [6.45, 7) is 8.93. The second kappa shape index (κ2) is 14.3. The molecule has 8 nitrogen and oxygen atoms in total. The lowest BCUT2D eigenvalue weighted by Gasteiger charge is -2.22. The molecule has 2 atom stereocenters. The van der Waals surface area contributed by atoms with Gasteiger partial charge < -0.3 is 25.2 Å². The third-order valence-electron chi connectivity index (χ3n) is 6.94. The summed E-state index contributed by atoms with van der Waals surface area (Å²) >= 11 is 6.43. The van der Waals surface area contributed by atoms with Crippen molar-refractivity contribution in [2.24, 2.45) is 0 Å². The first-order valence-corrected chi connectivity index (χ1v) is 15.0. The van der Waals surface area contributed by atoms with E-state index in [2.05, 4.69) is 10.6 Å². The Morgan fingerprint density at radius 2 is 1.58 bits per heavy atom. The van der Waals surface area contributed by atoms with Crippen molar-refractivity contribution < 1.29 is 29.0 Å². The normalized spacial score (nSPS) is 12.5. The maximum absolute atomic E-state index is 13.5. The van der Waals surface area contributed by atoms with Gasteiger partial charge >= 0.3 is 12.1 Å². The molecule has 4 aromatic rings. The lowest BCUT2D eigenvalue weighted by Crippen LogP contribution is -2.40. The number of rotatable bonds is 10. The van der Waals surface area contributed by atoms with Crippen molar-refractivity contribution in [3.63, 3.8) is 0 Å². The number of nitrogens with one attached hydrogen (secondary N) is 2. The van der Waals surface area contributed by atoms with Gasteiger partial charge in [0, 0.05) is 22.2 Å². The van der Waals surface area contributed by atoms with Gasteiger partial charge in [0.2, 0.25) is 0 Å². The fourth-order valence-corrected chi connectivity index (χ4v) is 4.86. The highest BCUT2D eigenvalue weighted by atomic mass is 35.5. The highest BCUT2D eigenvalue weighted by molar-refractivity contribution is 6.30. The Bertz CT molecular complexity index is 1680. The molecule has 3 N–H and O–H groups in total. The largest absolute Gasteiger partial charge is 0.480 e. The zero-order valence-corrected chi connectivity index (χ0v) is 26.6. The maximum Gasteiger partial charge on any atom is 0.408 e. The van der Waals surface area contributed by atoms with Crippen LogP contribution in [-0.4, -0.2) is 34.7 Å². The molecule has 0 aromatic heterocycles. The third-order valence-corrected chi connectivity index (χ3v) is 7.17. The van der Waals surface area contributed by atoms with Crippen molar-refractivity contribution in [1.29, 1.82) is 0 Å². The number of carbonyl (C=O) groups excluding carboxylic acids is 2. The second-order valence-electron chi connectivity index (χ2n) is 11.6. The summed E-state index contributed by atoms with van der Waals surface area (Å²) in [7, 11) is 0. The van der Waals surface area contributed by atoms with Gasteiger partial charge in [-0.1, -0.05) is 67.1 Å². The molecule has 0 saturated carbocycles. The molecule has 0 radical (unpaired) electrons. The van der Waals surface area contributed by atoms with E-state index >= 15 is 0 Å². The van der Waals surface area contributed by atoms with Gasteiger partial charge in [-0.15, -0.1) is 0 Å². The molecule has 9 heteroatoms. The van der Waals surface area contributed by atoms with E-state index in [-0.39, 0.29) is 18.0 Å². The minimum Gasteiger partial charge on any atom is -0.480 e. The Morgan fingerprint density at radius 1 is 0.844 bits per heavy atom. The van der Waals surface area contributed by atoms with Crippen LogP contribution in [0.5, 0.6) is 11.5 Å². The first-order valence-electron chi connectivity index (χ1n) is 14.6. The van der Waals surface area contributed by atoms with Crippen molar-refractivity contribution in [3.05, 3.63) is 107 Å². The molecule has 234 valence electrons. The van der Waals surface area contributed by atoms with Gasteiger partial charge in [-0.3, -0.25) is 4.79 Å². The van der Waals surface area contributed by atoms with Gasteiger partial charge in [0.1, 0.15) is 23.1 Å². The van der Waals surface area contributed by atoms with E-state index in [1.165, 1.54) is 0 Å². The summed E-state index contributed by atoms with van der Waals surface area (Å²) in [5.41, 5.74) is 3.36. The molecule has 45 heavy (non-hydrogen) atoms. The number of halogens is 1. The smallest absolute Gasteiger partial charge is 0.408 e. The van der Waals surface area contributed by atoms with E-state index in [9.17, 15) is 19.5 Å². The standard InChI is InChI=1S/C36H37ClN2O6/c1-6-31(34(41)42)39-33(40)29-17-15-25(23-11-8-7-9-12-23)20-30(29)28-18-16-26(37)21-32(28)44-27-14-10-13-24(19-27)22(2)38-35(43)45-36(3,4)5/h7-22,31H,6H2,1-5H3,(H,38,43)(H,39,40)(H,41,42)/t22-,31?/m0/s1. The number of aliphatic carboxylic acids is 1. The second-order valence-corrected chi connectivity index (χ2v) is 12.0. The summed E-state index contributed by atoms with van der Waals surface area (Å²) < 4.78 is 11.8. The molecule has 0 heterocycles. The monoisotopic (exact) mass is 628 g/mol. The van der Waals surface area contributed by atoms with Crippen LogP contribution in [0.1, 0.15) is 63.0 Å². The van der Waals surface area contributed by atoms with Crippen LogP contribution in [0.2, 0.25) is 5.02 Å². The molecule has 0 aliphatic rings. The first-order chi connectivity index (χ1) is 21.3. The molecule has 2 amide bonds. The fraction of sp³-hybridized carbons (Fsp3) is 0.250. The molecular formula is C36H37ClN2O6. The van der Waals surface area contributed by atoms with Crippen LogP contribution in [-0.2, 0) is 9.53 Å². The molecule has 4 rings (SSSR count). The number of benzene rings is 4. The number of hydrogen-bond donors (Lipinski definition) is 3. The number of alkyl carbamates (subject to hydrolysis) is 1. The molecule has 4 aromatic carbocycles. The molecule has 0 bridgehead atoms. The Kier molecular flexibility index (Phi) is 10.5. The highest BCUT2D eigenvalue weighted by Crippen LogP contribution is 2.39. The van der Waals surface area contributed by atoms with Crippen LogP contribution in [0.15, 0.2) is 91.0 Å². The fourth-order valence-electron chi connectivity index (χ4n) is 4.69. The van der Waals surface area contributed by atoms with Crippen LogP contribution in [0.25, 0.3) is 22.3 Å². The van der Waals surface area contributed by atoms with Crippen molar-refractivity contribution in [1.82, 2.24) is 10.6 Å². The summed E-state index contributed by atoms with van der Waals surface area (Å²) in [5, 5.41) is 15.5. The average Bonchev–Trinajstić information content (AvgIpc) is 2.99. The minimum atomic E-state index is -1.11. The predicted molar refractivity (Wildman–Crippen MR) is 176 cm³/mol. The van der Waals surface area contributed by atoms with Gasteiger partial charge in [0.15, 0.2) is 0 Å². The van der Waals surface area contributed by atoms with E-state index in [1.54, 1.807) is 64.1 Å². The molecule has 1 unspecified atom stereocenters. The predicted octanol–water partition coefficient (Wildman–Crippen LogP) is 8.65. The van der Waals surface area contributed by atoms with Crippen LogP contribution in [0.3, 0.4) is 0 Å². The number of hydrogen-bond acceptors (Lipinski definition) is 5. The van der Waals surface area contributed by atoms with Crippen LogP contribution < -0.4 is 15.4 Å². The Morgan fingerprint density at radius 3 is 2.24 bits per heavy atom. The number of carboxylic acids is 1. The lowest BCUT2D eigenvalue weighted by atomic mass is 9.93. The minimum absolute atomic E-state index is 0.228. The van der Waals surface area contributed by atoms with E-state index in [0.29, 0.717) is 27.6 Å². The number of amides is 2. The van der Waals surface area contributed by atoms with Crippen LogP contribution in [0.4, 0.5) is 4.79 Å². The SMILES string of the molecule is CCC(NC(=O)c1ccc(-c2ccccc2)cc1-c1ccc(Cl)cc1Oc1cccc([C@H](C)NC(=O)OC(C)(C)C)c1)C(=O)O. The highest BCUT2D eigenvalue weighted by Gasteiger charge is 2.23. The van der Waals surface area contributed by atoms with E-state index in [4.69, 9.17) is 21.1 Å². The van der Waals surface area contributed by atoms with Gasteiger partial charge in [0.05, 0.1) is 6.04 Å². The van der Waals surface area contributed by atoms with Gasteiger partial charge in [-0.05, 0) is 92.8 Å². The van der Waals surface area contributed by atoms with E-state index in [0.717, 1.165) is 16.7 Å². The summed E-state index contributed by atoms with van der Waals surface area (Å²) in [4.78, 5) is 37.6. The molecule has 0 aliphatic carbocycles. The third kappa shape index (κ3) is 8.86. The van der Waals surface area contributed by atoms with Crippen molar-refractivity contribution in [2.45, 2.75) is 58.7 Å². The van der Waals surface area contributed by atoms with Crippen molar-refractivity contribution in [3.8, 4) is 33.8 Å². The quantitative estimate of drug-likeness (QED) is 0.162. The van der Waals surface area contributed by atoms with Crippen molar-refractivity contribution in [2.75, 3.05) is 0 Å². The number of carboxylic acid groups (broad SMARTS) is 1. The molecule has 0 saturated heterocycles. The summed E-state index contributed by atoms with van der Waals surface area (Å²) in [5.74, 6) is -0.768. The van der Waals surface area contributed by atoms with Crippen LogP contribution >= 0.6 is 11.6 Å². The molecular weight excluding hydrogens is 592 g/mol. The Balaban J connectivity index is 1.74. The lowest BCUT2D eigenvalue weighted by molar-refractivity contribution is -0.139. The van der Waals surface area contributed by atoms with Crippen molar-refractivity contribution >= 4 is 29.6 Å². The van der Waals surface area contributed by atoms with E-state index < -0.39 is 29.6 Å². The zero-order chi connectivity index (χ0) is 32.7.